The fourth-order valence-electron chi connectivity index (χ4n) is 0.412. The van der Waals surface area contributed by atoms with Crippen molar-refractivity contribution in [1.29, 1.82) is 0 Å². The van der Waals surface area contributed by atoms with Crippen molar-refractivity contribution in [2.45, 2.75) is 0 Å². The van der Waals surface area contributed by atoms with Gasteiger partial charge in [0.05, 0.1) is 13.2 Å². The summed E-state index contributed by atoms with van der Waals surface area (Å²) in [4.78, 5) is 0. The lowest BCUT2D eigenvalue weighted by Crippen LogP contribution is -1.87. The molecule has 1 aliphatic heterocycles. The summed E-state index contributed by atoms with van der Waals surface area (Å²) in [6.07, 6.45) is 0. The van der Waals surface area contributed by atoms with Crippen LogP contribution in [0.2, 0.25) is 0 Å². The minimum Gasteiger partial charge on any atom is -0.359 e. The summed E-state index contributed by atoms with van der Waals surface area (Å²) in [6.45, 7) is 2.44. The van der Waals surface area contributed by atoms with E-state index in [-0.39, 0.29) is 0 Å². The normalized spacial score (nSPS) is 16.2. The van der Waals surface area contributed by atoms with Crippen molar-refractivity contribution >= 4 is 0 Å². The van der Waals surface area contributed by atoms with Gasteiger partial charge in [-0.05, 0) is 0 Å². The average Bonchev–Trinajstić information content (AvgIpc) is 2.44. The highest BCUT2D eigenvalue weighted by molar-refractivity contribution is 4.28. The van der Waals surface area contributed by atoms with E-state index in [0.717, 1.165) is 13.2 Å². The van der Waals surface area contributed by atoms with Crippen LogP contribution in [0.15, 0.2) is 0 Å². The highest BCUT2D eigenvalue weighted by Gasteiger charge is 1.93. The van der Waals surface area contributed by atoms with Crippen LogP contribution in [0, 0.1) is 0 Å². The molecule has 0 aromatic rings. The predicted molar refractivity (Wildman–Crippen MR) is 35.7 cm³/mol. The van der Waals surface area contributed by atoms with Crippen molar-refractivity contribution in [2.24, 2.45) is 0 Å². The Morgan fingerprint density at radius 3 is 1.70 bits per heavy atom. The molecule has 0 amide bonds. The number of hydrogen-bond donors (Lipinski definition) is 0. The monoisotopic (exact) mass is 150 g/mol. The van der Waals surface area contributed by atoms with Crippen LogP contribution >= 0.6 is 0 Å². The van der Waals surface area contributed by atoms with E-state index in [2.05, 4.69) is 9.47 Å². The first-order valence-corrected chi connectivity index (χ1v) is 3.05. The number of methoxy groups -OCH3 is 2. The van der Waals surface area contributed by atoms with Gasteiger partial charge in [0.15, 0.2) is 0 Å². The summed E-state index contributed by atoms with van der Waals surface area (Å²) in [5, 5.41) is 0. The Morgan fingerprint density at radius 1 is 1.10 bits per heavy atom. The van der Waals surface area contributed by atoms with E-state index >= 15 is 0 Å². The lowest BCUT2D eigenvalue weighted by Gasteiger charge is -1.87. The summed E-state index contributed by atoms with van der Waals surface area (Å²) in [5.41, 5.74) is 0. The van der Waals surface area contributed by atoms with E-state index in [1.165, 1.54) is 0 Å². The third kappa shape index (κ3) is 7.84. The second kappa shape index (κ2) is 8.84. The van der Waals surface area contributed by atoms with Crippen LogP contribution in [-0.2, 0) is 18.9 Å². The second-order valence-corrected chi connectivity index (χ2v) is 1.63. The van der Waals surface area contributed by atoms with Gasteiger partial charge in [-0.3, -0.25) is 0 Å². The molecule has 0 radical (unpaired) electrons. The van der Waals surface area contributed by atoms with Crippen molar-refractivity contribution in [3.8, 4) is 0 Å². The minimum atomic E-state index is 0.389. The Morgan fingerprint density at radius 2 is 1.60 bits per heavy atom. The molecule has 1 aliphatic rings. The maximum atomic E-state index is 4.72. The van der Waals surface area contributed by atoms with Crippen LogP contribution in [0.1, 0.15) is 0 Å². The molecule has 0 N–H and O–H groups in total. The van der Waals surface area contributed by atoms with Gasteiger partial charge in [0.2, 0.25) is 0 Å². The van der Waals surface area contributed by atoms with Crippen molar-refractivity contribution in [3.63, 3.8) is 0 Å². The Hall–Kier alpha value is -0.160. The SMILES string of the molecule is C1COCO1.COCOC. The molecule has 0 aromatic heterocycles. The Balaban J connectivity index is 0.000000162. The molecule has 10 heavy (non-hydrogen) atoms. The largest absolute Gasteiger partial charge is 0.359 e. The molecular formula is C6H14O4. The van der Waals surface area contributed by atoms with Crippen molar-refractivity contribution in [3.05, 3.63) is 0 Å². The molecular weight excluding hydrogens is 136 g/mol. The Bertz CT molecular complexity index is 44.1. The van der Waals surface area contributed by atoms with Gasteiger partial charge in [-0.15, -0.1) is 0 Å². The van der Waals surface area contributed by atoms with E-state index < -0.39 is 0 Å². The maximum Gasteiger partial charge on any atom is 0.146 e. The highest BCUT2D eigenvalue weighted by Crippen LogP contribution is 1.85. The standard InChI is InChI=1S/C3H6O2.C3H8O2/c1-2-5-3-4-1;1-4-3-5-2/h1-3H2;3H2,1-2H3. The molecule has 62 valence electrons. The summed E-state index contributed by atoms with van der Waals surface area (Å²) in [5.74, 6) is 0. The van der Waals surface area contributed by atoms with Crippen LogP contribution in [0.4, 0.5) is 0 Å². The number of ether oxygens (including phenoxy) is 4. The van der Waals surface area contributed by atoms with Gasteiger partial charge in [0, 0.05) is 14.2 Å². The molecule has 4 heteroatoms. The molecule has 1 heterocycles. The van der Waals surface area contributed by atoms with Gasteiger partial charge in [-0.25, -0.2) is 0 Å². The van der Waals surface area contributed by atoms with Gasteiger partial charge in [0.25, 0.3) is 0 Å². The van der Waals surface area contributed by atoms with Crippen molar-refractivity contribution in [1.82, 2.24) is 0 Å². The first-order chi connectivity index (χ1) is 4.91. The van der Waals surface area contributed by atoms with Gasteiger partial charge >= 0.3 is 0 Å². The smallest absolute Gasteiger partial charge is 0.146 e. The first-order valence-electron chi connectivity index (χ1n) is 3.05. The second-order valence-electron chi connectivity index (χ2n) is 1.63. The molecule has 0 aromatic carbocycles. The molecule has 1 fully saturated rings. The van der Waals surface area contributed by atoms with E-state index in [0.29, 0.717) is 13.6 Å². The van der Waals surface area contributed by atoms with Crippen LogP contribution in [-0.4, -0.2) is 41.0 Å². The van der Waals surface area contributed by atoms with Crippen molar-refractivity contribution in [2.75, 3.05) is 41.0 Å². The van der Waals surface area contributed by atoms with Gasteiger partial charge < -0.3 is 18.9 Å². The van der Waals surface area contributed by atoms with E-state index in [9.17, 15) is 0 Å². The fraction of sp³-hybridized carbons (Fsp3) is 1.00. The lowest BCUT2D eigenvalue weighted by atomic mass is 10.8. The maximum absolute atomic E-state index is 4.72. The first kappa shape index (κ1) is 9.84. The third-order valence-corrected chi connectivity index (χ3v) is 0.774. The predicted octanol–water partition coefficient (Wildman–Crippen LogP) is 0.227. The van der Waals surface area contributed by atoms with E-state index in [4.69, 9.17) is 9.47 Å². The van der Waals surface area contributed by atoms with E-state index in [1.54, 1.807) is 14.2 Å². The molecule has 0 unspecified atom stereocenters. The number of hydrogen-bond acceptors (Lipinski definition) is 4. The zero-order valence-corrected chi connectivity index (χ0v) is 6.46. The molecule has 0 bridgehead atoms. The topological polar surface area (TPSA) is 36.9 Å². The molecule has 1 saturated heterocycles. The summed E-state index contributed by atoms with van der Waals surface area (Å²) in [6, 6.07) is 0. The average molecular weight is 150 g/mol. The molecule has 4 nitrogen and oxygen atoms in total. The lowest BCUT2D eigenvalue weighted by molar-refractivity contribution is -0.00271. The van der Waals surface area contributed by atoms with Crippen LogP contribution in [0.5, 0.6) is 0 Å². The van der Waals surface area contributed by atoms with Crippen molar-refractivity contribution < 1.29 is 18.9 Å². The summed E-state index contributed by atoms with van der Waals surface area (Å²) in [7, 11) is 3.17. The van der Waals surface area contributed by atoms with Crippen LogP contribution in [0.25, 0.3) is 0 Å². The number of rotatable bonds is 2. The Kier molecular flexibility index (Phi) is 8.70. The van der Waals surface area contributed by atoms with Gasteiger partial charge in [-0.1, -0.05) is 0 Å². The van der Waals surface area contributed by atoms with Crippen LogP contribution < -0.4 is 0 Å². The zero-order valence-electron chi connectivity index (χ0n) is 6.46. The van der Waals surface area contributed by atoms with Gasteiger partial charge in [-0.2, -0.15) is 0 Å². The minimum absolute atomic E-state index is 0.389. The molecule has 0 aliphatic carbocycles. The van der Waals surface area contributed by atoms with E-state index in [1.807, 2.05) is 0 Å². The zero-order chi connectivity index (χ0) is 7.66. The highest BCUT2D eigenvalue weighted by atomic mass is 16.7. The van der Waals surface area contributed by atoms with Gasteiger partial charge in [0.1, 0.15) is 13.6 Å². The third-order valence-electron chi connectivity index (χ3n) is 0.774. The quantitative estimate of drug-likeness (QED) is 0.528. The molecule has 1 rings (SSSR count). The molecule has 0 atom stereocenters. The summed E-state index contributed by atoms with van der Waals surface area (Å²) >= 11 is 0. The molecule has 0 saturated carbocycles. The fourth-order valence-corrected chi connectivity index (χ4v) is 0.412. The summed E-state index contributed by atoms with van der Waals surface area (Å²) < 4.78 is 18.4. The Labute approximate surface area is 61.0 Å². The molecule has 0 spiro atoms. The van der Waals surface area contributed by atoms with Crippen LogP contribution in [0.3, 0.4) is 0 Å².